The molecule has 0 aliphatic heterocycles. The average molecular weight is 273 g/mol. The minimum Gasteiger partial charge on any atom is -0.310 e. The van der Waals surface area contributed by atoms with Crippen molar-refractivity contribution in [2.45, 2.75) is 71.8 Å². The first-order chi connectivity index (χ1) is 9.60. The van der Waals surface area contributed by atoms with E-state index in [1.165, 1.54) is 43.2 Å². The SMILES string of the molecule is CCNC(c1ccc(C(C)CC)cc1)C1(C)CCCC1. The van der Waals surface area contributed by atoms with Gasteiger partial charge in [0.25, 0.3) is 0 Å². The van der Waals surface area contributed by atoms with Gasteiger partial charge in [0.05, 0.1) is 0 Å². The highest BCUT2D eigenvalue weighted by Gasteiger charge is 2.37. The van der Waals surface area contributed by atoms with Crippen LogP contribution >= 0.6 is 0 Å². The van der Waals surface area contributed by atoms with Crippen LogP contribution in [0.1, 0.15) is 82.9 Å². The Bertz CT molecular complexity index is 400. The van der Waals surface area contributed by atoms with Crippen molar-refractivity contribution in [3.8, 4) is 0 Å². The van der Waals surface area contributed by atoms with Crippen molar-refractivity contribution >= 4 is 0 Å². The fourth-order valence-corrected chi connectivity index (χ4v) is 3.69. The molecule has 2 unspecified atom stereocenters. The summed E-state index contributed by atoms with van der Waals surface area (Å²) in [6.45, 7) is 10.3. The third-order valence-electron chi connectivity index (χ3n) is 5.30. The number of rotatable bonds is 6. The molecule has 2 atom stereocenters. The first-order valence-electron chi connectivity index (χ1n) is 8.44. The van der Waals surface area contributed by atoms with Gasteiger partial charge in [0, 0.05) is 6.04 Å². The molecule has 1 nitrogen and oxygen atoms in total. The molecule has 0 bridgehead atoms. The Morgan fingerprint density at radius 1 is 1.05 bits per heavy atom. The van der Waals surface area contributed by atoms with E-state index >= 15 is 0 Å². The quantitative estimate of drug-likeness (QED) is 0.728. The van der Waals surface area contributed by atoms with Crippen molar-refractivity contribution in [1.29, 1.82) is 0 Å². The van der Waals surface area contributed by atoms with Crippen LogP contribution in [0.4, 0.5) is 0 Å². The van der Waals surface area contributed by atoms with Gasteiger partial charge in [0.1, 0.15) is 0 Å². The highest BCUT2D eigenvalue weighted by Crippen LogP contribution is 2.47. The van der Waals surface area contributed by atoms with E-state index in [4.69, 9.17) is 0 Å². The lowest BCUT2D eigenvalue weighted by atomic mass is 9.77. The van der Waals surface area contributed by atoms with Crippen LogP contribution < -0.4 is 5.32 Å². The first-order valence-corrected chi connectivity index (χ1v) is 8.44. The molecule has 0 aromatic heterocycles. The van der Waals surface area contributed by atoms with Crippen molar-refractivity contribution in [1.82, 2.24) is 5.32 Å². The largest absolute Gasteiger partial charge is 0.310 e. The van der Waals surface area contributed by atoms with Gasteiger partial charge in [-0.25, -0.2) is 0 Å². The number of hydrogen-bond donors (Lipinski definition) is 1. The Kier molecular flexibility index (Phi) is 5.26. The van der Waals surface area contributed by atoms with Crippen LogP contribution in [0.25, 0.3) is 0 Å². The number of hydrogen-bond acceptors (Lipinski definition) is 1. The topological polar surface area (TPSA) is 12.0 Å². The maximum Gasteiger partial charge on any atom is 0.0374 e. The highest BCUT2D eigenvalue weighted by molar-refractivity contribution is 5.28. The van der Waals surface area contributed by atoms with Gasteiger partial charge in [-0.3, -0.25) is 0 Å². The summed E-state index contributed by atoms with van der Waals surface area (Å²) in [5.74, 6) is 0.670. The van der Waals surface area contributed by atoms with Crippen molar-refractivity contribution in [2.75, 3.05) is 6.54 Å². The monoisotopic (exact) mass is 273 g/mol. The van der Waals surface area contributed by atoms with Crippen molar-refractivity contribution < 1.29 is 0 Å². The molecule has 1 aliphatic rings. The van der Waals surface area contributed by atoms with Crippen LogP contribution in [0, 0.1) is 5.41 Å². The standard InChI is InChI=1S/C19H31N/c1-5-15(3)16-9-11-17(12-10-16)18(20-6-2)19(4)13-7-8-14-19/h9-12,15,18,20H,5-8,13-14H2,1-4H3. The van der Waals surface area contributed by atoms with E-state index in [-0.39, 0.29) is 0 Å². The van der Waals surface area contributed by atoms with Crippen LogP contribution in [0.3, 0.4) is 0 Å². The second-order valence-corrected chi connectivity index (χ2v) is 6.83. The third-order valence-corrected chi connectivity index (χ3v) is 5.30. The lowest BCUT2D eigenvalue weighted by Crippen LogP contribution is -2.34. The van der Waals surface area contributed by atoms with Crippen LogP contribution in [0.5, 0.6) is 0 Å². The second-order valence-electron chi connectivity index (χ2n) is 6.83. The summed E-state index contributed by atoms with van der Waals surface area (Å²) in [6, 6.07) is 9.91. The predicted molar refractivity (Wildman–Crippen MR) is 88.1 cm³/mol. The summed E-state index contributed by atoms with van der Waals surface area (Å²) in [5, 5.41) is 3.74. The van der Waals surface area contributed by atoms with E-state index in [2.05, 4.69) is 57.3 Å². The molecule has 0 spiro atoms. The molecule has 1 saturated carbocycles. The van der Waals surface area contributed by atoms with Gasteiger partial charge in [0.15, 0.2) is 0 Å². The van der Waals surface area contributed by atoms with Gasteiger partial charge in [-0.05, 0) is 48.3 Å². The normalized spacial score (nSPS) is 20.8. The molecule has 0 amide bonds. The van der Waals surface area contributed by atoms with Gasteiger partial charge in [-0.1, -0.05) is 64.8 Å². The summed E-state index contributed by atoms with van der Waals surface area (Å²) in [5.41, 5.74) is 3.39. The third kappa shape index (κ3) is 3.25. The van der Waals surface area contributed by atoms with E-state index in [0.717, 1.165) is 6.54 Å². The fourth-order valence-electron chi connectivity index (χ4n) is 3.69. The molecule has 1 heteroatoms. The zero-order chi connectivity index (χ0) is 14.6. The highest BCUT2D eigenvalue weighted by atomic mass is 14.9. The summed E-state index contributed by atoms with van der Waals surface area (Å²) in [7, 11) is 0. The molecule has 0 saturated heterocycles. The predicted octanol–water partition coefficient (Wildman–Crippen LogP) is 5.43. The Morgan fingerprint density at radius 2 is 1.60 bits per heavy atom. The fraction of sp³-hybridized carbons (Fsp3) is 0.684. The smallest absolute Gasteiger partial charge is 0.0374 e. The molecular formula is C19H31N. The van der Waals surface area contributed by atoms with E-state index in [0.29, 0.717) is 17.4 Å². The number of benzene rings is 1. The van der Waals surface area contributed by atoms with Crippen LogP contribution in [0.15, 0.2) is 24.3 Å². The Labute approximate surface area is 125 Å². The molecule has 2 rings (SSSR count). The molecule has 1 aliphatic carbocycles. The minimum atomic E-state index is 0.438. The second kappa shape index (κ2) is 6.76. The van der Waals surface area contributed by atoms with Crippen molar-refractivity contribution in [2.24, 2.45) is 5.41 Å². The first kappa shape index (κ1) is 15.6. The molecule has 1 aromatic carbocycles. The maximum absolute atomic E-state index is 3.74. The van der Waals surface area contributed by atoms with Gasteiger partial charge in [0.2, 0.25) is 0 Å². The summed E-state index contributed by atoms with van der Waals surface area (Å²) in [6.07, 6.45) is 6.72. The molecule has 112 valence electrons. The molecule has 1 fully saturated rings. The lowest BCUT2D eigenvalue weighted by molar-refractivity contribution is 0.226. The van der Waals surface area contributed by atoms with E-state index in [1.54, 1.807) is 0 Å². The maximum atomic E-state index is 3.74. The summed E-state index contributed by atoms with van der Waals surface area (Å²) >= 11 is 0. The summed E-state index contributed by atoms with van der Waals surface area (Å²) in [4.78, 5) is 0. The molecular weight excluding hydrogens is 242 g/mol. The van der Waals surface area contributed by atoms with Gasteiger partial charge >= 0.3 is 0 Å². The van der Waals surface area contributed by atoms with E-state index in [9.17, 15) is 0 Å². The van der Waals surface area contributed by atoms with Crippen LogP contribution in [-0.2, 0) is 0 Å². The Balaban J connectivity index is 2.21. The van der Waals surface area contributed by atoms with Crippen molar-refractivity contribution in [3.63, 3.8) is 0 Å². The zero-order valence-corrected chi connectivity index (χ0v) is 13.7. The van der Waals surface area contributed by atoms with Gasteiger partial charge < -0.3 is 5.32 Å². The molecule has 0 heterocycles. The zero-order valence-electron chi connectivity index (χ0n) is 13.7. The molecule has 1 aromatic rings. The number of nitrogens with one attached hydrogen (secondary N) is 1. The van der Waals surface area contributed by atoms with E-state index < -0.39 is 0 Å². The summed E-state index contributed by atoms with van der Waals surface area (Å²) < 4.78 is 0. The average Bonchev–Trinajstić information content (AvgIpc) is 2.92. The van der Waals surface area contributed by atoms with E-state index in [1.807, 2.05) is 0 Å². The molecule has 1 N–H and O–H groups in total. The van der Waals surface area contributed by atoms with Crippen molar-refractivity contribution in [3.05, 3.63) is 35.4 Å². The lowest BCUT2D eigenvalue weighted by Gasteiger charge is -2.35. The Hall–Kier alpha value is -0.820. The van der Waals surface area contributed by atoms with Crippen LogP contribution in [0.2, 0.25) is 0 Å². The van der Waals surface area contributed by atoms with Crippen LogP contribution in [-0.4, -0.2) is 6.54 Å². The Morgan fingerprint density at radius 3 is 2.10 bits per heavy atom. The molecule has 20 heavy (non-hydrogen) atoms. The minimum absolute atomic E-state index is 0.438. The van der Waals surface area contributed by atoms with Gasteiger partial charge in [-0.2, -0.15) is 0 Å². The molecule has 0 radical (unpaired) electrons. The van der Waals surface area contributed by atoms with Gasteiger partial charge in [-0.15, -0.1) is 0 Å².